The van der Waals surface area contributed by atoms with Crippen LogP contribution in [0.3, 0.4) is 0 Å². The van der Waals surface area contributed by atoms with Crippen molar-refractivity contribution in [2.45, 2.75) is 10.1 Å². The molecule has 0 unspecified atom stereocenters. The van der Waals surface area contributed by atoms with E-state index in [0.29, 0.717) is 5.02 Å². The summed E-state index contributed by atoms with van der Waals surface area (Å²) in [5.41, 5.74) is 1.66. The third-order valence-electron chi connectivity index (χ3n) is 3.42. The van der Waals surface area contributed by atoms with E-state index in [1.54, 1.807) is 24.4 Å². The van der Waals surface area contributed by atoms with Crippen LogP contribution in [0.2, 0.25) is 5.02 Å². The number of nitrogens with one attached hydrogen (secondary N) is 1. The average Bonchev–Trinajstić information content (AvgIpc) is 3.01. The van der Waals surface area contributed by atoms with Crippen molar-refractivity contribution < 1.29 is 4.79 Å². The Labute approximate surface area is 155 Å². The molecule has 1 aromatic heterocycles. The van der Waals surface area contributed by atoms with E-state index in [0.717, 1.165) is 21.3 Å². The zero-order valence-electron chi connectivity index (χ0n) is 13.5. The lowest BCUT2D eigenvalue weighted by Crippen LogP contribution is -2.08. The molecule has 0 radical (unpaired) electrons. The van der Waals surface area contributed by atoms with Gasteiger partial charge in [0.25, 0.3) is 0 Å². The first-order chi connectivity index (χ1) is 12.1. The molecule has 3 aromatic rings. The lowest BCUT2D eigenvalue weighted by molar-refractivity contribution is -0.111. The van der Waals surface area contributed by atoms with Crippen molar-refractivity contribution in [1.82, 2.24) is 9.55 Å². The summed E-state index contributed by atoms with van der Waals surface area (Å²) < 4.78 is 1.93. The van der Waals surface area contributed by atoms with Gasteiger partial charge in [-0.15, -0.1) is 0 Å². The van der Waals surface area contributed by atoms with Crippen molar-refractivity contribution in [2.24, 2.45) is 7.05 Å². The zero-order valence-corrected chi connectivity index (χ0v) is 15.1. The number of hydrogen-bond donors (Lipinski definition) is 1. The van der Waals surface area contributed by atoms with Gasteiger partial charge in [0.05, 0.1) is 5.69 Å². The average molecular weight is 370 g/mol. The van der Waals surface area contributed by atoms with Gasteiger partial charge >= 0.3 is 0 Å². The number of anilines is 1. The van der Waals surface area contributed by atoms with Crippen molar-refractivity contribution in [3.05, 3.63) is 77.6 Å². The fourth-order valence-corrected chi connectivity index (χ4v) is 3.14. The molecule has 1 N–H and O–H groups in total. The van der Waals surface area contributed by atoms with Crippen LogP contribution in [0.5, 0.6) is 0 Å². The standard InChI is InChI=1S/C19H16ClN3OS/c1-23-13-12-21-19(23)25-17-5-3-2-4-16(17)22-18(24)11-8-14-6-9-15(20)10-7-14/h2-13H,1H3,(H,22,24). The predicted octanol–water partition coefficient (Wildman–Crippen LogP) is 4.88. The second kappa shape index (κ2) is 8.05. The number of amides is 1. The minimum absolute atomic E-state index is 0.192. The van der Waals surface area contributed by atoms with E-state index in [-0.39, 0.29) is 5.91 Å². The van der Waals surface area contributed by atoms with E-state index in [9.17, 15) is 4.79 Å². The van der Waals surface area contributed by atoms with Gasteiger partial charge in [-0.3, -0.25) is 4.79 Å². The monoisotopic (exact) mass is 369 g/mol. The molecule has 6 heteroatoms. The minimum Gasteiger partial charge on any atom is -0.329 e. The number of benzene rings is 2. The quantitative estimate of drug-likeness (QED) is 0.652. The lowest BCUT2D eigenvalue weighted by atomic mass is 10.2. The van der Waals surface area contributed by atoms with Gasteiger partial charge in [0, 0.05) is 35.4 Å². The van der Waals surface area contributed by atoms with Crippen molar-refractivity contribution in [3.63, 3.8) is 0 Å². The largest absolute Gasteiger partial charge is 0.329 e. The Kier molecular flexibility index (Phi) is 5.58. The van der Waals surface area contributed by atoms with Crippen molar-refractivity contribution in [3.8, 4) is 0 Å². The Balaban J connectivity index is 1.71. The molecular weight excluding hydrogens is 354 g/mol. The molecule has 0 atom stereocenters. The molecule has 0 fully saturated rings. The summed E-state index contributed by atoms with van der Waals surface area (Å²) in [6.07, 6.45) is 6.89. The lowest BCUT2D eigenvalue weighted by Gasteiger charge is -2.09. The number of carbonyl (C=O) groups is 1. The molecule has 1 amide bonds. The number of nitrogens with zero attached hydrogens (tertiary/aromatic N) is 2. The second-order valence-corrected chi connectivity index (χ2v) is 6.74. The maximum atomic E-state index is 12.2. The second-order valence-electron chi connectivity index (χ2n) is 5.29. The maximum absolute atomic E-state index is 12.2. The molecule has 0 aliphatic rings. The van der Waals surface area contributed by atoms with Gasteiger partial charge in [-0.1, -0.05) is 35.9 Å². The first-order valence-corrected chi connectivity index (χ1v) is 8.80. The van der Waals surface area contributed by atoms with E-state index in [4.69, 9.17) is 11.6 Å². The highest BCUT2D eigenvalue weighted by molar-refractivity contribution is 7.99. The van der Waals surface area contributed by atoms with Gasteiger partial charge in [0.1, 0.15) is 0 Å². The molecule has 0 aliphatic heterocycles. The van der Waals surface area contributed by atoms with Gasteiger partial charge in [-0.25, -0.2) is 4.98 Å². The van der Waals surface area contributed by atoms with Gasteiger partial charge in [0.15, 0.2) is 5.16 Å². The van der Waals surface area contributed by atoms with Gasteiger partial charge in [-0.2, -0.15) is 0 Å². The molecule has 0 aliphatic carbocycles. The number of hydrogen-bond acceptors (Lipinski definition) is 3. The highest BCUT2D eigenvalue weighted by Gasteiger charge is 2.08. The van der Waals surface area contributed by atoms with E-state index in [1.165, 1.54) is 17.8 Å². The molecule has 0 spiro atoms. The first kappa shape index (κ1) is 17.3. The SMILES string of the molecule is Cn1ccnc1Sc1ccccc1NC(=O)C=Cc1ccc(Cl)cc1. The van der Waals surface area contributed by atoms with Crippen LogP contribution >= 0.6 is 23.4 Å². The summed E-state index contributed by atoms with van der Waals surface area (Å²) in [7, 11) is 1.94. The summed E-state index contributed by atoms with van der Waals surface area (Å²) in [6.45, 7) is 0. The van der Waals surface area contributed by atoms with Crippen LogP contribution in [-0.2, 0) is 11.8 Å². The third-order valence-corrected chi connectivity index (χ3v) is 4.82. The van der Waals surface area contributed by atoms with Crippen LogP contribution in [0, 0.1) is 0 Å². The van der Waals surface area contributed by atoms with E-state index in [1.807, 2.05) is 54.2 Å². The van der Waals surface area contributed by atoms with Crippen molar-refractivity contribution in [1.29, 1.82) is 0 Å². The van der Waals surface area contributed by atoms with E-state index >= 15 is 0 Å². The summed E-state index contributed by atoms with van der Waals surface area (Å²) >= 11 is 7.36. The summed E-state index contributed by atoms with van der Waals surface area (Å²) in [5, 5.41) is 4.44. The van der Waals surface area contributed by atoms with Crippen LogP contribution in [0.25, 0.3) is 6.08 Å². The molecule has 1 heterocycles. The van der Waals surface area contributed by atoms with Crippen LogP contribution in [0.15, 0.2) is 77.1 Å². The third kappa shape index (κ3) is 4.75. The molecule has 3 rings (SSSR count). The topological polar surface area (TPSA) is 46.9 Å². The number of aromatic nitrogens is 2. The van der Waals surface area contributed by atoms with Crippen LogP contribution in [0.1, 0.15) is 5.56 Å². The minimum atomic E-state index is -0.192. The molecule has 0 saturated carbocycles. The van der Waals surface area contributed by atoms with Gasteiger partial charge < -0.3 is 9.88 Å². The summed E-state index contributed by atoms with van der Waals surface area (Å²) in [6, 6.07) is 15.0. The predicted molar refractivity (Wildman–Crippen MR) is 103 cm³/mol. The Morgan fingerprint density at radius 2 is 1.96 bits per heavy atom. The zero-order chi connectivity index (χ0) is 17.6. The van der Waals surface area contributed by atoms with Crippen molar-refractivity contribution in [2.75, 3.05) is 5.32 Å². The number of aryl methyl sites for hydroxylation is 1. The van der Waals surface area contributed by atoms with Crippen LogP contribution in [0.4, 0.5) is 5.69 Å². The summed E-state index contributed by atoms with van der Waals surface area (Å²) in [4.78, 5) is 17.5. The molecule has 25 heavy (non-hydrogen) atoms. The number of rotatable bonds is 5. The number of para-hydroxylation sites is 1. The molecular formula is C19H16ClN3OS. The fourth-order valence-electron chi connectivity index (χ4n) is 2.13. The van der Waals surface area contributed by atoms with Crippen molar-refractivity contribution >= 4 is 41.0 Å². The highest BCUT2D eigenvalue weighted by atomic mass is 35.5. The highest BCUT2D eigenvalue weighted by Crippen LogP contribution is 2.32. The smallest absolute Gasteiger partial charge is 0.248 e. The molecule has 0 bridgehead atoms. The Morgan fingerprint density at radius 1 is 1.20 bits per heavy atom. The summed E-state index contributed by atoms with van der Waals surface area (Å²) in [5.74, 6) is -0.192. The Bertz CT molecular complexity index is 903. The molecule has 126 valence electrons. The molecule has 0 saturated heterocycles. The van der Waals surface area contributed by atoms with Crippen LogP contribution in [-0.4, -0.2) is 15.5 Å². The Hall–Kier alpha value is -2.50. The number of halogens is 1. The maximum Gasteiger partial charge on any atom is 0.248 e. The van der Waals surface area contributed by atoms with Crippen LogP contribution < -0.4 is 5.32 Å². The molecule has 4 nitrogen and oxygen atoms in total. The van der Waals surface area contributed by atoms with Gasteiger partial charge in [0.2, 0.25) is 5.91 Å². The normalized spacial score (nSPS) is 11.0. The van der Waals surface area contributed by atoms with Gasteiger partial charge in [-0.05, 0) is 47.7 Å². The number of imidazole rings is 1. The Morgan fingerprint density at radius 3 is 2.68 bits per heavy atom. The van der Waals surface area contributed by atoms with E-state index in [2.05, 4.69) is 10.3 Å². The fraction of sp³-hybridized carbons (Fsp3) is 0.0526. The first-order valence-electron chi connectivity index (χ1n) is 7.60. The number of carbonyl (C=O) groups excluding carboxylic acids is 1. The molecule has 2 aromatic carbocycles. The van der Waals surface area contributed by atoms with E-state index < -0.39 is 0 Å².